The molecule has 0 atom stereocenters. The Morgan fingerprint density at radius 3 is 2.21 bits per heavy atom. The van der Waals surface area contributed by atoms with Gasteiger partial charge in [0.1, 0.15) is 0 Å². The molecule has 19 heavy (non-hydrogen) atoms. The second-order valence-corrected chi connectivity index (χ2v) is 6.16. The molecule has 1 aliphatic heterocycles. The molecule has 0 spiro atoms. The van der Waals surface area contributed by atoms with Crippen molar-refractivity contribution < 1.29 is 14.0 Å². The Bertz CT molecular complexity index is 452. The third-order valence-corrected chi connectivity index (χ3v) is 4.24. The number of ether oxygens (including phenoxy) is 1. The molecule has 0 bridgehead atoms. The van der Waals surface area contributed by atoms with E-state index in [2.05, 4.69) is 46.8 Å². The van der Waals surface area contributed by atoms with Gasteiger partial charge in [-0.3, -0.25) is 0 Å². The lowest BCUT2D eigenvalue weighted by Gasteiger charge is -2.32. The molecule has 1 aromatic rings. The molecule has 1 fully saturated rings. The number of hydrogen-bond donors (Lipinski definition) is 0. The summed E-state index contributed by atoms with van der Waals surface area (Å²) in [6, 6.07) is 6.18. The zero-order chi connectivity index (χ0) is 14.3. The van der Waals surface area contributed by atoms with E-state index < -0.39 is 0 Å². The predicted molar refractivity (Wildman–Crippen MR) is 77.6 cm³/mol. The molecule has 4 heteroatoms. The summed E-state index contributed by atoms with van der Waals surface area (Å²) in [5, 5.41) is 0. The number of aryl methyl sites for hydroxylation is 1. The van der Waals surface area contributed by atoms with Crippen LogP contribution < -0.4 is 5.46 Å². The standard InChI is InChI=1S/C15H23BO3/c1-11-8-7-9-13(12(11)10-17-6)16-18-14(2,3)15(4,5)19-16/h7-9H,10H2,1-6H3. The van der Waals surface area contributed by atoms with Crippen LogP contribution in [0.3, 0.4) is 0 Å². The zero-order valence-electron chi connectivity index (χ0n) is 12.7. The van der Waals surface area contributed by atoms with Gasteiger partial charge in [-0.05, 0) is 51.2 Å². The molecule has 1 heterocycles. The van der Waals surface area contributed by atoms with E-state index >= 15 is 0 Å². The lowest BCUT2D eigenvalue weighted by atomic mass is 9.75. The highest BCUT2D eigenvalue weighted by molar-refractivity contribution is 6.62. The molecule has 1 saturated heterocycles. The summed E-state index contributed by atoms with van der Waals surface area (Å²) in [5.74, 6) is 0. The van der Waals surface area contributed by atoms with Crippen molar-refractivity contribution in [3.8, 4) is 0 Å². The Hall–Kier alpha value is -0.835. The minimum atomic E-state index is -0.324. The molecule has 1 aliphatic rings. The summed E-state index contributed by atoms with van der Waals surface area (Å²) < 4.78 is 17.5. The molecule has 104 valence electrons. The van der Waals surface area contributed by atoms with Crippen molar-refractivity contribution in [3.05, 3.63) is 29.3 Å². The van der Waals surface area contributed by atoms with Crippen LogP contribution in [0, 0.1) is 6.92 Å². The first kappa shape index (κ1) is 14.6. The van der Waals surface area contributed by atoms with Crippen molar-refractivity contribution in [3.63, 3.8) is 0 Å². The van der Waals surface area contributed by atoms with E-state index in [1.54, 1.807) is 7.11 Å². The highest BCUT2D eigenvalue weighted by atomic mass is 16.7. The van der Waals surface area contributed by atoms with Crippen LogP contribution in [0.5, 0.6) is 0 Å². The molecule has 0 aromatic heterocycles. The van der Waals surface area contributed by atoms with Gasteiger partial charge in [0.2, 0.25) is 0 Å². The Morgan fingerprint density at radius 2 is 1.68 bits per heavy atom. The van der Waals surface area contributed by atoms with Crippen LogP contribution in [-0.4, -0.2) is 25.4 Å². The molecule has 0 saturated carbocycles. The summed E-state index contributed by atoms with van der Waals surface area (Å²) in [5.41, 5.74) is 2.80. The normalized spacial score (nSPS) is 20.8. The van der Waals surface area contributed by atoms with Gasteiger partial charge in [-0.15, -0.1) is 0 Å². The molecular weight excluding hydrogens is 239 g/mol. The third kappa shape index (κ3) is 2.57. The topological polar surface area (TPSA) is 27.7 Å². The van der Waals surface area contributed by atoms with E-state index in [4.69, 9.17) is 14.0 Å². The fourth-order valence-electron chi connectivity index (χ4n) is 2.26. The quantitative estimate of drug-likeness (QED) is 0.783. The molecule has 3 nitrogen and oxygen atoms in total. The smallest absolute Gasteiger partial charge is 0.399 e. The fourth-order valence-corrected chi connectivity index (χ4v) is 2.26. The van der Waals surface area contributed by atoms with E-state index in [1.165, 1.54) is 5.56 Å². The van der Waals surface area contributed by atoms with Gasteiger partial charge in [0.25, 0.3) is 0 Å². The predicted octanol–water partition coefficient (Wildman–Crippen LogP) is 2.44. The number of rotatable bonds is 3. The number of methoxy groups -OCH3 is 1. The first-order valence-corrected chi connectivity index (χ1v) is 6.71. The van der Waals surface area contributed by atoms with E-state index in [0.717, 1.165) is 11.0 Å². The van der Waals surface area contributed by atoms with Crippen LogP contribution in [0.1, 0.15) is 38.8 Å². The van der Waals surface area contributed by atoms with Gasteiger partial charge in [0.15, 0.2) is 0 Å². The van der Waals surface area contributed by atoms with Crippen LogP contribution in [0.2, 0.25) is 0 Å². The highest BCUT2D eigenvalue weighted by Crippen LogP contribution is 2.36. The maximum atomic E-state index is 6.11. The molecule has 2 rings (SSSR count). The van der Waals surface area contributed by atoms with Gasteiger partial charge in [-0.2, -0.15) is 0 Å². The van der Waals surface area contributed by atoms with Crippen LogP contribution >= 0.6 is 0 Å². The molecule has 0 N–H and O–H groups in total. The third-order valence-electron chi connectivity index (χ3n) is 4.24. The molecule has 0 amide bonds. The summed E-state index contributed by atoms with van der Waals surface area (Å²) in [4.78, 5) is 0. The summed E-state index contributed by atoms with van der Waals surface area (Å²) in [6.07, 6.45) is 0. The summed E-state index contributed by atoms with van der Waals surface area (Å²) in [7, 11) is 1.38. The van der Waals surface area contributed by atoms with E-state index in [9.17, 15) is 0 Å². The van der Waals surface area contributed by atoms with Gasteiger partial charge in [-0.1, -0.05) is 18.2 Å². The minimum Gasteiger partial charge on any atom is -0.399 e. The minimum absolute atomic E-state index is 0.314. The van der Waals surface area contributed by atoms with Gasteiger partial charge in [0, 0.05) is 7.11 Å². The van der Waals surface area contributed by atoms with Crippen molar-refractivity contribution >= 4 is 12.6 Å². The second-order valence-electron chi connectivity index (χ2n) is 6.16. The monoisotopic (exact) mass is 262 g/mol. The SMILES string of the molecule is COCc1c(C)cccc1B1OC(C)(C)C(C)(C)O1. The Morgan fingerprint density at radius 1 is 1.11 bits per heavy atom. The van der Waals surface area contributed by atoms with Gasteiger partial charge >= 0.3 is 7.12 Å². The van der Waals surface area contributed by atoms with Gasteiger partial charge < -0.3 is 14.0 Å². The molecule has 0 unspecified atom stereocenters. The molecule has 1 aromatic carbocycles. The van der Waals surface area contributed by atoms with Gasteiger partial charge in [-0.25, -0.2) is 0 Å². The molecule has 0 aliphatic carbocycles. The van der Waals surface area contributed by atoms with Crippen molar-refractivity contribution in [2.45, 2.75) is 52.4 Å². The molecule has 0 radical (unpaired) electrons. The highest BCUT2D eigenvalue weighted by Gasteiger charge is 2.52. The average Bonchev–Trinajstić information content (AvgIpc) is 2.51. The van der Waals surface area contributed by atoms with Crippen LogP contribution in [0.15, 0.2) is 18.2 Å². The number of hydrogen-bond acceptors (Lipinski definition) is 3. The van der Waals surface area contributed by atoms with Crippen molar-refractivity contribution in [1.29, 1.82) is 0 Å². The second kappa shape index (κ2) is 4.93. The first-order chi connectivity index (χ1) is 8.78. The van der Waals surface area contributed by atoms with Crippen molar-refractivity contribution in [1.82, 2.24) is 0 Å². The Labute approximate surface area is 116 Å². The lowest BCUT2D eigenvalue weighted by Crippen LogP contribution is -2.41. The molecular formula is C15H23BO3. The van der Waals surface area contributed by atoms with Crippen LogP contribution in [-0.2, 0) is 20.7 Å². The largest absolute Gasteiger partial charge is 0.495 e. The first-order valence-electron chi connectivity index (χ1n) is 6.71. The van der Waals surface area contributed by atoms with Crippen LogP contribution in [0.4, 0.5) is 0 Å². The van der Waals surface area contributed by atoms with E-state index in [-0.39, 0.29) is 18.3 Å². The van der Waals surface area contributed by atoms with E-state index in [0.29, 0.717) is 6.61 Å². The average molecular weight is 262 g/mol. The zero-order valence-corrected chi connectivity index (χ0v) is 12.7. The summed E-state index contributed by atoms with van der Waals surface area (Å²) in [6.45, 7) is 10.9. The van der Waals surface area contributed by atoms with Gasteiger partial charge in [0.05, 0.1) is 17.8 Å². The van der Waals surface area contributed by atoms with Crippen molar-refractivity contribution in [2.75, 3.05) is 7.11 Å². The number of benzene rings is 1. The van der Waals surface area contributed by atoms with Crippen LogP contribution in [0.25, 0.3) is 0 Å². The Balaban J connectivity index is 2.37. The fraction of sp³-hybridized carbons (Fsp3) is 0.600. The Kier molecular flexibility index (Phi) is 3.78. The lowest BCUT2D eigenvalue weighted by molar-refractivity contribution is 0.00578. The summed E-state index contributed by atoms with van der Waals surface area (Å²) >= 11 is 0. The maximum absolute atomic E-state index is 6.11. The van der Waals surface area contributed by atoms with Crippen molar-refractivity contribution in [2.24, 2.45) is 0 Å². The maximum Gasteiger partial charge on any atom is 0.495 e. The van der Waals surface area contributed by atoms with E-state index in [1.807, 2.05) is 6.07 Å².